The molecule has 0 spiro atoms. The minimum atomic E-state index is -4.52. The van der Waals surface area contributed by atoms with Gasteiger partial charge in [-0.15, -0.1) is 0 Å². The lowest BCUT2D eigenvalue weighted by Crippen LogP contribution is -2.03. The Kier molecular flexibility index (Phi) is 3.35. The van der Waals surface area contributed by atoms with Gasteiger partial charge < -0.3 is 4.42 Å². The van der Waals surface area contributed by atoms with Crippen LogP contribution >= 0.6 is 0 Å². The molecule has 8 heteroatoms. The molecular weight excluding hydrogens is 324 g/mol. The maximum absolute atomic E-state index is 12.6. The summed E-state index contributed by atoms with van der Waals surface area (Å²) in [5.41, 5.74) is -1.39. The van der Waals surface area contributed by atoms with E-state index in [1.54, 1.807) is 0 Å². The van der Waals surface area contributed by atoms with Crippen LogP contribution in [0.25, 0.3) is 22.6 Å². The molecule has 0 unspecified atom stereocenters. The number of nitrogens with zero attached hydrogens (tertiary/aromatic N) is 1. The summed E-state index contributed by atoms with van der Waals surface area (Å²) in [7, 11) is 0. The normalized spacial score (nSPS) is 12.8. The van der Waals surface area contributed by atoms with E-state index in [1.165, 1.54) is 0 Å². The minimum absolute atomic E-state index is 0.0481. The molecule has 0 saturated heterocycles. The molecule has 3 aromatic rings. The molecule has 0 atom stereocenters. The van der Waals surface area contributed by atoms with E-state index >= 15 is 0 Å². The zero-order chi connectivity index (χ0) is 16.8. The smallest absolute Gasteiger partial charge is 0.416 e. The summed E-state index contributed by atoms with van der Waals surface area (Å²) in [5.74, 6) is -0.0481. The topological polar surface area (TPSA) is 26.0 Å². The van der Waals surface area contributed by atoms with Crippen molar-refractivity contribution in [1.29, 1.82) is 0 Å². The van der Waals surface area contributed by atoms with Crippen molar-refractivity contribution in [3.05, 3.63) is 53.6 Å². The summed E-state index contributed by atoms with van der Waals surface area (Å²) >= 11 is 0. The van der Waals surface area contributed by atoms with Gasteiger partial charge in [-0.05, 0) is 42.5 Å². The second kappa shape index (κ2) is 5.00. The second-order valence-electron chi connectivity index (χ2n) is 4.77. The number of hydrogen-bond acceptors (Lipinski definition) is 2. The largest absolute Gasteiger partial charge is 0.436 e. The molecule has 0 N–H and O–H groups in total. The van der Waals surface area contributed by atoms with E-state index in [-0.39, 0.29) is 22.6 Å². The van der Waals surface area contributed by atoms with Crippen LogP contribution in [0.1, 0.15) is 11.1 Å². The summed E-state index contributed by atoms with van der Waals surface area (Å²) in [6.45, 7) is 0. The van der Waals surface area contributed by atoms with E-state index in [9.17, 15) is 26.3 Å². The van der Waals surface area contributed by atoms with Gasteiger partial charge in [-0.2, -0.15) is 26.3 Å². The van der Waals surface area contributed by atoms with Crippen molar-refractivity contribution in [2.45, 2.75) is 12.4 Å². The third-order valence-electron chi connectivity index (χ3n) is 3.17. The van der Waals surface area contributed by atoms with Gasteiger partial charge in [0.25, 0.3) is 0 Å². The Labute approximate surface area is 125 Å². The average molecular weight is 331 g/mol. The molecule has 0 radical (unpaired) electrons. The Morgan fingerprint density at radius 2 is 1.30 bits per heavy atom. The van der Waals surface area contributed by atoms with Gasteiger partial charge in [-0.1, -0.05) is 0 Å². The van der Waals surface area contributed by atoms with Gasteiger partial charge in [0.2, 0.25) is 5.89 Å². The molecule has 0 aliphatic carbocycles. The molecule has 0 amide bonds. The Balaban J connectivity index is 2.00. The van der Waals surface area contributed by atoms with Gasteiger partial charge in [-0.3, -0.25) is 0 Å². The van der Waals surface area contributed by atoms with Gasteiger partial charge in [0.05, 0.1) is 11.1 Å². The highest BCUT2D eigenvalue weighted by Crippen LogP contribution is 2.34. The van der Waals surface area contributed by atoms with Gasteiger partial charge >= 0.3 is 12.4 Å². The van der Waals surface area contributed by atoms with Crippen LogP contribution in [0.5, 0.6) is 0 Å². The zero-order valence-electron chi connectivity index (χ0n) is 11.2. The van der Waals surface area contributed by atoms with Crippen LogP contribution in [-0.2, 0) is 12.4 Å². The summed E-state index contributed by atoms with van der Waals surface area (Å²) in [6, 6.07) is 6.82. The fourth-order valence-electron chi connectivity index (χ4n) is 2.03. The average Bonchev–Trinajstić information content (AvgIpc) is 2.88. The summed E-state index contributed by atoms with van der Waals surface area (Å²) in [5, 5.41) is 0. The predicted octanol–water partition coefficient (Wildman–Crippen LogP) is 5.53. The quantitative estimate of drug-likeness (QED) is 0.548. The van der Waals surface area contributed by atoms with Crippen molar-refractivity contribution >= 4 is 11.1 Å². The van der Waals surface area contributed by atoms with Crippen molar-refractivity contribution < 1.29 is 30.8 Å². The van der Waals surface area contributed by atoms with Crippen molar-refractivity contribution in [3.63, 3.8) is 0 Å². The Bertz CT molecular complexity index is 845. The molecule has 3 rings (SSSR count). The van der Waals surface area contributed by atoms with Gasteiger partial charge in [0, 0.05) is 5.56 Å². The molecule has 2 nitrogen and oxygen atoms in total. The number of alkyl halides is 6. The van der Waals surface area contributed by atoms with Crippen molar-refractivity contribution in [2.24, 2.45) is 0 Å². The minimum Gasteiger partial charge on any atom is -0.436 e. The van der Waals surface area contributed by atoms with Gasteiger partial charge in [0.1, 0.15) is 5.52 Å². The van der Waals surface area contributed by atoms with Crippen molar-refractivity contribution in [3.8, 4) is 11.5 Å². The number of fused-ring (bicyclic) bond motifs is 1. The molecule has 1 aromatic heterocycles. The van der Waals surface area contributed by atoms with Crippen LogP contribution in [0.15, 0.2) is 46.9 Å². The van der Waals surface area contributed by atoms with Crippen LogP contribution in [-0.4, -0.2) is 4.98 Å². The Morgan fingerprint density at radius 1 is 0.739 bits per heavy atom. The molecule has 23 heavy (non-hydrogen) atoms. The molecule has 0 bridgehead atoms. The highest BCUT2D eigenvalue weighted by atomic mass is 19.4. The highest BCUT2D eigenvalue weighted by molar-refractivity contribution is 5.77. The van der Waals surface area contributed by atoms with E-state index in [0.29, 0.717) is 0 Å². The monoisotopic (exact) mass is 331 g/mol. The predicted molar refractivity (Wildman–Crippen MR) is 69.4 cm³/mol. The summed E-state index contributed by atoms with van der Waals surface area (Å²) in [6.07, 6.45) is -8.99. The Morgan fingerprint density at radius 3 is 1.87 bits per heavy atom. The Hall–Kier alpha value is -2.51. The molecule has 0 saturated carbocycles. The first kappa shape index (κ1) is 15.4. The molecular formula is C15H7F6NO. The molecule has 1 heterocycles. The molecule has 0 aliphatic heterocycles. The number of aromatic nitrogens is 1. The fourth-order valence-corrected chi connectivity index (χ4v) is 2.03. The van der Waals surface area contributed by atoms with E-state index in [1.807, 2.05) is 0 Å². The number of hydrogen-bond donors (Lipinski definition) is 0. The van der Waals surface area contributed by atoms with Gasteiger partial charge in [0.15, 0.2) is 5.58 Å². The van der Waals surface area contributed by atoms with E-state index in [4.69, 9.17) is 4.42 Å². The number of rotatable bonds is 1. The van der Waals surface area contributed by atoms with E-state index in [2.05, 4.69) is 4.98 Å². The number of oxazole rings is 1. The second-order valence-corrected chi connectivity index (χ2v) is 4.77. The first-order valence-electron chi connectivity index (χ1n) is 6.30. The molecule has 0 aliphatic rings. The molecule has 2 aromatic carbocycles. The SMILES string of the molecule is FC(F)(F)c1ccc(-c2nc3ccc(C(F)(F)F)cc3o2)cc1. The van der Waals surface area contributed by atoms with Crippen LogP contribution < -0.4 is 0 Å². The number of benzene rings is 2. The number of halogens is 6. The standard InChI is InChI=1S/C15H7F6NO/c16-14(17,18)9-3-1-8(2-4-9)13-22-11-6-5-10(15(19,20)21)7-12(11)23-13/h1-7H. The van der Waals surface area contributed by atoms with Gasteiger partial charge in [-0.25, -0.2) is 4.98 Å². The maximum Gasteiger partial charge on any atom is 0.416 e. The third-order valence-corrected chi connectivity index (χ3v) is 3.17. The van der Waals surface area contributed by atoms with Crippen LogP contribution in [0.3, 0.4) is 0 Å². The van der Waals surface area contributed by atoms with Crippen LogP contribution in [0, 0.1) is 0 Å². The van der Waals surface area contributed by atoms with Crippen LogP contribution in [0.4, 0.5) is 26.3 Å². The lowest BCUT2D eigenvalue weighted by molar-refractivity contribution is -0.138. The lowest BCUT2D eigenvalue weighted by atomic mass is 10.1. The lowest BCUT2D eigenvalue weighted by Gasteiger charge is -2.06. The van der Waals surface area contributed by atoms with Crippen molar-refractivity contribution in [2.75, 3.05) is 0 Å². The zero-order valence-corrected chi connectivity index (χ0v) is 11.2. The molecule has 120 valence electrons. The first-order valence-corrected chi connectivity index (χ1v) is 6.30. The van der Waals surface area contributed by atoms with Crippen molar-refractivity contribution in [1.82, 2.24) is 4.98 Å². The first-order chi connectivity index (χ1) is 10.6. The van der Waals surface area contributed by atoms with E-state index < -0.39 is 23.5 Å². The maximum atomic E-state index is 12.6. The highest BCUT2D eigenvalue weighted by Gasteiger charge is 2.31. The van der Waals surface area contributed by atoms with E-state index in [0.717, 1.165) is 42.5 Å². The summed E-state index contributed by atoms with van der Waals surface area (Å²) < 4.78 is 80.6. The fraction of sp³-hybridized carbons (Fsp3) is 0.133. The van der Waals surface area contributed by atoms with Crippen LogP contribution in [0.2, 0.25) is 0 Å². The summed E-state index contributed by atoms with van der Waals surface area (Å²) in [4.78, 5) is 3.98. The molecule has 0 fully saturated rings. The third kappa shape index (κ3) is 3.01.